The van der Waals surface area contributed by atoms with E-state index < -0.39 is 0 Å². The lowest BCUT2D eigenvalue weighted by Gasteiger charge is -2.34. The zero-order valence-electron chi connectivity index (χ0n) is 14.2. The summed E-state index contributed by atoms with van der Waals surface area (Å²) in [6.45, 7) is 1.70. The molecular weight excluding hydrogens is 278 g/mol. The largest absolute Gasteiger partial charge is 0.395 e. The summed E-state index contributed by atoms with van der Waals surface area (Å²) in [5.74, 6) is 0.312. The van der Waals surface area contributed by atoms with Crippen LogP contribution in [0.4, 0.5) is 0 Å². The van der Waals surface area contributed by atoms with Crippen molar-refractivity contribution in [2.75, 3.05) is 6.61 Å². The molecule has 0 aromatic heterocycles. The van der Waals surface area contributed by atoms with E-state index in [0.29, 0.717) is 11.8 Å². The molecule has 1 rings (SSSR count). The van der Waals surface area contributed by atoms with Gasteiger partial charge >= 0.3 is 0 Å². The Hall–Kier alpha value is -0.450. The molecule has 1 heterocycles. The van der Waals surface area contributed by atoms with E-state index >= 15 is 0 Å². The van der Waals surface area contributed by atoms with Crippen molar-refractivity contribution in [3.63, 3.8) is 0 Å². The van der Waals surface area contributed by atoms with E-state index in [9.17, 15) is 15.0 Å². The lowest BCUT2D eigenvalue weighted by atomic mass is 9.93. The van der Waals surface area contributed by atoms with Gasteiger partial charge in [0, 0.05) is 12.5 Å². The predicted molar refractivity (Wildman–Crippen MR) is 89.9 cm³/mol. The molecule has 3 N–H and O–H groups in total. The second-order valence-corrected chi connectivity index (χ2v) is 6.87. The molecule has 1 aliphatic heterocycles. The predicted octanol–water partition coefficient (Wildman–Crippen LogP) is 2.95. The summed E-state index contributed by atoms with van der Waals surface area (Å²) < 4.78 is 0. The number of piperidine rings is 1. The van der Waals surface area contributed by atoms with E-state index in [1.807, 2.05) is 0 Å². The van der Waals surface area contributed by atoms with Crippen LogP contribution < -0.4 is 5.32 Å². The van der Waals surface area contributed by atoms with Gasteiger partial charge in [-0.3, -0.25) is 0 Å². The van der Waals surface area contributed by atoms with E-state index in [4.69, 9.17) is 0 Å². The number of hydrogen-bond acceptors (Lipinski definition) is 4. The van der Waals surface area contributed by atoms with Crippen LogP contribution in [0.1, 0.15) is 84.0 Å². The van der Waals surface area contributed by atoms with Gasteiger partial charge in [-0.05, 0) is 32.6 Å². The molecule has 3 atom stereocenters. The molecule has 0 radical (unpaired) electrons. The minimum atomic E-state index is -0.385. The molecule has 4 nitrogen and oxygen atoms in total. The number of Topliss-reactive ketones (excluding diaryl/α,β-unsaturated/α-hetero) is 1. The fraction of sp³-hybridized carbons (Fsp3) is 0.944. The van der Waals surface area contributed by atoms with Crippen molar-refractivity contribution in [1.29, 1.82) is 0 Å². The second kappa shape index (κ2) is 12.0. The number of carbonyl (C=O) groups is 1. The molecule has 0 aromatic rings. The number of aliphatic hydroxyl groups excluding tert-OH is 2. The SMILES string of the molecule is CC(=O)CCCCCCCCCC[C@H]1CC[C@@H](O)[C@@H](CO)N1. The summed E-state index contributed by atoms with van der Waals surface area (Å²) in [6, 6.07) is 0.334. The molecule has 1 aliphatic rings. The van der Waals surface area contributed by atoms with Crippen molar-refractivity contribution in [3.05, 3.63) is 0 Å². The van der Waals surface area contributed by atoms with Gasteiger partial charge in [0.05, 0.1) is 18.8 Å². The van der Waals surface area contributed by atoms with Gasteiger partial charge in [-0.25, -0.2) is 0 Å². The van der Waals surface area contributed by atoms with Crippen molar-refractivity contribution in [2.24, 2.45) is 0 Å². The van der Waals surface area contributed by atoms with Crippen LogP contribution in [0.5, 0.6) is 0 Å². The molecule has 4 heteroatoms. The van der Waals surface area contributed by atoms with E-state index in [2.05, 4.69) is 5.32 Å². The van der Waals surface area contributed by atoms with Crippen LogP contribution in [0.15, 0.2) is 0 Å². The summed E-state index contributed by atoms with van der Waals surface area (Å²) >= 11 is 0. The number of carbonyl (C=O) groups excluding carboxylic acids is 1. The molecule has 0 aliphatic carbocycles. The van der Waals surface area contributed by atoms with Gasteiger partial charge in [0.15, 0.2) is 0 Å². The summed E-state index contributed by atoms with van der Waals surface area (Å²) in [4.78, 5) is 10.8. The highest BCUT2D eigenvalue weighted by Gasteiger charge is 2.27. The molecule has 0 amide bonds. The average Bonchev–Trinajstić information content (AvgIpc) is 2.50. The van der Waals surface area contributed by atoms with Gasteiger partial charge in [0.25, 0.3) is 0 Å². The van der Waals surface area contributed by atoms with Crippen LogP contribution >= 0.6 is 0 Å². The minimum Gasteiger partial charge on any atom is -0.395 e. The quantitative estimate of drug-likeness (QED) is 0.485. The van der Waals surface area contributed by atoms with E-state index in [1.165, 1.54) is 44.9 Å². The Balaban J connectivity index is 1.88. The third-order valence-corrected chi connectivity index (χ3v) is 4.75. The van der Waals surface area contributed by atoms with Crippen molar-refractivity contribution >= 4 is 5.78 Å². The number of nitrogens with one attached hydrogen (secondary N) is 1. The summed E-state index contributed by atoms with van der Waals surface area (Å²) in [5, 5.41) is 22.3. The van der Waals surface area contributed by atoms with Gasteiger partial charge in [-0.1, -0.05) is 44.9 Å². The Morgan fingerprint density at radius 1 is 1.00 bits per heavy atom. The molecule has 22 heavy (non-hydrogen) atoms. The fourth-order valence-corrected chi connectivity index (χ4v) is 3.30. The minimum absolute atomic E-state index is 0.0291. The van der Waals surface area contributed by atoms with Gasteiger partial charge in [0.1, 0.15) is 5.78 Å². The lowest BCUT2D eigenvalue weighted by molar-refractivity contribution is -0.117. The third kappa shape index (κ3) is 8.86. The first kappa shape index (κ1) is 19.6. The number of unbranched alkanes of at least 4 members (excludes halogenated alkanes) is 7. The third-order valence-electron chi connectivity index (χ3n) is 4.75. The van der Waals surface area contributed by atoms with Crippen LogP contribution in [0.2, 0.25) is 0 Å². The van der Waals surface area contributed by atoms with Gasteiger partial charge in [-0.2, -0.15) is 0 Å². The molecule has 0 spiro atoms. The highest BCUT2D eigenvalue weighted by Crippen LogP contribution is 2.18. The van der Waals surface area contributed by atoms with E-state index in [1.54, 1.807) is 6.92 Å². The van der Waals surface area contributed by atoms with E-state index in [0.717, 1.165) is 32.1 Å². The van der Waals surface area contributed by atoms with Crippen LogP contribution in [-0.4, -0.2) is 40.8 Å². The summed E-state index contributed by atoms with van der Waals surface area (Å²) in [7, 11) is 0. The molecule has 0 aromatic carbocycles. The molecule has 0 saturated carbocycles. The van der Waals surface area contributed by atoms with Crippen LogP contribution in [0, 0.1) is 0 Å². The number of ketones is 1. The Bertz CT molecular complexity index is 296. The number of aliphatic hydroxyl groups is 2. The normalized spacial score (nSPS) is 25.3. The Kier molecular flexibility index (Phi) is 10.7. The maximum Gasteiger partial charge on any atom is 0.129 e. The van der Waals surface area contributed by atoms with Crippen molar-refractivity contribution in [2.45, 2.75) is 102 Å². The Labute approximate surface area is 135 Å². The van der Waals surface area contributed by atoms with Crippen molar-refractivity contribution < 1.29 is 15.0 Å². The van der Waals surface area contributed by atoms with Crippen molar-refractivity contribution in [1.82, 2.24) is 5.32 Å². The molecule has 1 fully saturated rings. The number of rotatable bonds is 12. The smallest absolute Gasteiger partial charge is 0.129 e. The second-order valence-electron chi connectivity index (χ2n) is 6.87. The van der Waals surface area contributed by atoms with Crippen LogP contribution in [0.3, 0.4) is 0 Å². The first-order valence-electron chi connectivity index (χ1n) is 9.18. The zero-order chi connectivity index (χ0) is 16.2. The molecular formula is C18H35NO3. The summed E-state index contributed by atoms with van der Waals surface area (Å²) in [6.07, 6.45) is 13.2. The standard InChI is InChI=1S/C18H35NO3/c1-15(21)10-8-6-4-2-3-5-7-9-11-16-12-13-18(22)17(14-20)19-16/h16-20,22H,2-14H2,1H3/t16-,17+,18+/m0/s1. The van der Waals surface area contributed by atoms with Gasteiger partial charge in [-0.15, -0.1) is 0 Å². The molecule has 0 unspecified atom stereocenters. The first-order valence-corrected chi connectivity index (χ1v) is 9.18. The van der Waals surface area contributed by atoms with Crippen LogP contribution in [0.25, 0.3) is 0 Å². The zero-order valence-corrected chi connectivity index (χ0v) is 14.2. The van der Waals surface area contributed by atoms with Crippen molar-refractivity contribution in [3.8, 4) is 0 Å². The molecule has 0 bridgehead atoms. The number of hydrogen-bond donors (Lipinski definition) is 3. The van der Waals surface area contributed by atoms with Gasteiger partial charge in [0.2, 0.25) is 0 Å². The molecule has 1 saturated heterocycles. The maximum absolute atomic E-state index is 10.8. The molecule has 130 valence electrons. The van der Waals surface area contributed by atoms with E-state index in [-0.39, 0.29) is 18.8 Å². The summed E-state index contributed by atoms with van der Waals surface area (Å²) in [5.41, 5.74) is 0. The Morgan fingerprint density at radius 3 is 2.18 bits per heavy atom. The highest BCUT2D eigenvalue weighted by molar-refractivity contribution is 5.75. The first-order chi connectivity index (χ1) is 10.6. The monoisotopic (exact) mass is 313 g/mol. The average molecular weight is 313 g/mol. The lowest BCUT2D eigenvalue weighted by Crippen LogP contribution is -2.52. The maximum atomic E-state index is 10.8. The Morgan fingerprint density at radius 2 is 1.59 bits per heavy atom. The highest BCUT2D eigenvalue weighted by atomic mass is 16.3. The van der Waals surface area contributed by atoms with Crippen LogP contribution in [-0.2, 0) is 4.79 Å². The van der Waals surface area contributed by atoms with Gasteiger partial charge < -0.3 is 20.3 Å². The fourth-order valence-electron chi connectivity index (χ4n) is 3.30. The topological polar surface area (TPSA) is 69.6 Å².